The van der Waals surface area contributed by atoms with Gasteiger partial charge in [-0.15, -0.1) is 0 Å². The molecule has 1 heterocycles. The van der Waals surface area contributed by atoms with Crippen LogP contribution < -0.4 is 5.32 Å². The van der Waals surface area contributed by atoms with E-state index in [1.54, 1.807) is 11.3 Å². The van der Waals surface area contributed by atoms with Crippen molar-refractivity contribution < 1.29 is 0 Å². The Hall–Kier alpha value is -1.28. The highest BCUT2D eigenvalue weighted by Crippen LogP contribution is 2.31. The predicted octanol–water partition coefficient (Wildman–Crippen LogP) is 3.52. The molecule has 102 valence electrons. The number of benzene rings is 1. The predicted molar refractivity (Wildman–Crippen MR) is 81.7 cm³/mol. The quantitative estimate of drug-likeness (QED) is 0.654. The number of para-hydroxylation sites is 1. The lowest BCUT2D eigenvalue weighted by atomic mass is 10.1. The Morgan fingerprint density at radius 3 is 2.84 bits per heavy atom. The van der Waals surface area contributed by atoms with Crippen molar-refractivity contribution in [2.24, 2.45) is 0 Å². The fourth-order valence-electron chi connectivity index (χ4n) is 3.43. The zero-order valence-corrected chi connectivity index (χ0v) is 11.9. The van der Waals surface area contributed by atoms with E-state index in [1.165, 1.54) is 49.4 Å². The number of nitrogens with one attached hydrogen (secondary N) is 1. The molecule has 0 spiro atoms. The molecule has 1 aliphatic carbocycles. The lowest BCUT2D eigenvalue weighted by Crippen LogP contribution is -2.12. The Morgan fingerprint density at radius 1 is 1.11 bits per heavy atom. The molecule has 0 aliphatic heterocycles. The molecular formula is C17H24N2. The number of hydrogen-bond acceptors (Lipinski definition) is 1. The standard InChI is InChI=1S/C17H24N2/c1-18-12-7-13-19-16-10-4-2-3-8-14(16)15-9-5-6-11-17(15)19/h5-6,9,11,18H,2-4,7-8,10,12-13H2,1H3. The molecule has 19 heavy (non-hydrogen) atoms. The molecule has 2 aromatic rings. The number of fused-ring (bicyclic) bond motifs is 3. The van der Waals surface area contributed by atoms with E-state index in [-0.39, 0.29) is 0 Å². The molecule has 1 aromatic heterocycles. The van der Waals surface area contributed by atoms with Gasteiger partial charge in [0.1, 0.15) is 0 Å². The van der Waals surface area contributed by atoms with Gasteiger partial charge in [-0.2, -0.15) is 0 Å². The molecule has 0 radical (unpaired) electrons. The molecule has 3 rings (SSSR count). The van der Waals surface area contributed by atoms with Crippen molar-refractivity contribution in [1.29, 1.82) is 0 Å². The van der Waals surface area contributed by atoms with Crippen LogP contribution in [0.4, 0.5) is 0 Å². The SMILES string of the molecule is CNCCCn1c2c(c3ccccc31)CCCCC2. The van der Waals surface area contributed by atoms with E-state index in [2.05, 4.69) is 34.1 Å². The maximum Gasteiger partial charge on any atom is 0.0485 e. The third-order valence-electron chi connectivity index (χ3n) is 4.34. The van der Waals surface area contributed by atoms with Crippen molar-refractivity contribution in [3.8, 4) is 0 Å². The van der Waals surface area contributed by atoms with Crippen LogP contribution in [0.3, 0.4) is 0 Å². The van der Waals surface area contributed by atoms with E-state index >= 15 is 0 Å². The van der Waals surface area contributed by atoms with E-state index < -0.39 is 0 Å². The number of nitrogens with zero attached hydrogens (tertiary/aromatic N) is 1. The summed E-state index contributed by atoms with van der Waals surface area (Å²) in [6.45, 7) is 2.25. The van der Waals surface area contributed by atoms with Gasteiger partial charge in [-0.05, 0) is 57.3 Å². The maximum atomic E-state index is 3.26. The summed E-state index contributed by atoms with van der Waals surface area (Å²) in [5.41, 5.74) is 4.71. The maximum absolute atomic E-state index is 3.26. The van der Waals surface area contributed by atoms with Crippen LogP contribution in [0, 0.1) is 0 Å². The highest BCUT2D eigenvalue weighted by Gasteiger charge is 2.17. The second-order valence-corrected chi connectivity index (χ2v) is 5.61. The first-order chi connectivity index (χ1) is 9.42. The van der Waals surface area contributed by atoms with Crippen LogP contribution in [0.15, 0.2) is 24.3 Å². The summed E-state index contributed by atoms with van der Waals surface area (Å²) in [7, 11) is 2.04. The first-order valence-electron chi connectivity index (χ1n) is 7.65. The largest absolute Gasteiger partial charge is 0.344 e. The van der Waals surface area contributed by atoms with Crippen molar-refractivity contribution >= 4 is 10.9 Å². The van der Waals surface area contributed by atoms with Gasteiger partial charge in [-0.1, -0.05) is 24.6 Å². The van der Waals surface area contributed by atoms with Crippen molar-refractivity contribution in [2.75, 3.05) is 13.6 Å². The Bertz CT molecular complexity index is 554. The van der Waals surface area contributed by atoms with Crippen LogP contribution in [0.2, 0.25) is 0 Å². The number of aromatic nitrogens is 1. The number of hydrogen-bond donors (Lipinski definition) is 1. The van der Waals surface area contributed by atoms with Gasteiger partial charge >= 0.3 is 0 Å². The zero-order chi connectivity index (χ0) is 13.1. The van der Waals surface area contributed by atoms with Crippen LogP contribution >= 0.6 is 0 Å². The average molecular weight is 256 g/mol. The lowest BCUT2D eigenvalue weighted by molar-refractivity contribution is 0.601. The summed E-state index contributed by atoms with van der Waals surface area (Å²) >= 11 is 0. The molecule has 0 saturated carbocycles. The topological polar surface area (TPSA) is 17.0 Å². The molecule has 1 N–H and O–H groups in total. The van der Waals surface area contributed by atoms with E-state index in [1.807, 2.05) is 7.05 Å². The minimum absolute atomic E-state index is 1.10. The molecule has 0 bridgehead atoms. The molecule has 1 aromatic carbocycles. The van der Waals surface area contributed by atoms with E-state index in [0.29, 0.717) is 0 Å². The van der Waals surface area contributed by atoms with Crippen LogP contribution in [0.1, 0.15) is 36.9 Å². The molecular weight excluding hydrogens is 232 g/mol. The third kappa shape index (κ3) is 2.42. The normalized spacial score (nSPS) is 15.4. The van der Waals surface area contributed by atoms with Crippen LogP contribution in [0.25, 0.3) is 10.9 Å². The van der Waals surface area contributed by atoms with Crippen molar-refractivity contribution in [3.05, 3.63) is 35.5 Å². The molecule has 0 unspecified atom stereocenters. The van der Waals surface area contributed by atoms with Crippen molar-refractivity contribution in [3.63, 3.8) is 0 Å². The zero-order valence-electron chi connectivity index (χ0n) is 11.9. The molecule has 0 fully saturated rings. The minimum Gasteiger partial charge on any atom is -0.344 e. The van der Waals surface area contributed by atoms with Gasteiger partial charge in [-0.25, -0.2) is 0 Å². The van der Waals surface area contributed by atoms with E-state index in [0.717, 1.165) is 13.1 Å². The Kier molecular flexibility index (Phi) is 3.88. The molecule has 0 atom stereocenters. The lowest BCUT2D eigenvalue weighted by Gasteiger charge is -2.10. The summed E-state index contributed by atoms with van der Waals surface area (Å²) in [5.74, 6) is 0. The second kappa shape index (κ2) is 5.79. The highest BCUT2D eigenvalue weighted by molar-refractivity contribution is 5.85. The van der Waals surface area contributed by atoms with Gasteiger partial charge in [0.2, 0.25) is 0 Å². The molecule has 1 aliphatic rings. The highest BCUT2D eigenvalue weighted by atomic mass is 15.0. The minimum atomic E-state index is 1.10. The first kappa shape index (κ1) is 12.7. The van der Waals surface area contributed by atoms with Crippen LogP contribution in [0.5, 0.6) is 0 Å². The number of rotatable bonds is 4. The molecule has 2 heteroatoms. The van der Waals surface area contributed by atoms with Crippen LogP contribution in [-0.2, 0) is 19.4 Å². The first-order valence-corrected chi connectivity index (χ1v) is 7.65. The van der Waals surface area contributed by atoms with Crippen molar-refractivity contribution in [1.82, 2.24) is 9.88 Å². The summed E-state index contributed by atoms with van der Waals surface area (Å²) in [6, 6.07) is 8.97. The fraction of sp³-hybridized carbons (Fsp3) is 0.529. The summed E-state index contributed by atoms with van der Waals surface area (Å²) in [6.07, 6.45) is 7.85. The van der Waals surface area contributed by atoms with Gasteiger partial charge in [0.25, 0.3) is 0 Å². The monoisotopic (exact) mass is 256 g/mol. The number of aryl methyl sites for hydroxylation is 2. The fourth-order valence-corrected chi connectivity index (χ4v) is 3.43. The summed E-state index contributed by atoms with van der Waals surface area (Å²) < 4.78 is 2.59. The molecule has 2 nitrogen and oxygen atoms in total. The van der Waals surface area contributed by atoms with E-state index in [9.17, 15) is 0 Å². The van der Waals surface area contributed by atoms with Gasteiger partial charge in [-0.3, -0.25) is 0 Å². The summed E-state index contributed by atoms with van der Waals surface area (Å²) in [4.78, 5) is 0. The van der Waals surface area contributed by atoms with Crippen molar-refractivity contribution in [2.45, 2.75) is 45.1 Å². The molecule has 0 amide bonds. The molecule has 0 saturated heterocycles. The van der Waals surface area contributed by atoms with Gasteiger partial charge < -0.3 is 9.88 Å². The van der Waals surface area contributed by atoms with E-state index in [4.69, 9.17) is 0 Å². The average Bonchev–Trinajstić information content (AvgIpc) is 2.61. The van der Waals surface area contributed by atoms with Gasteiger partial charge in [0, 0.05) is 23.1 Å². The van der Waals surface area contributed by atoms with Gasteiger partial charge in [0.05, 0.1) is 0 Å². The Morgan fingerprint density at radius 2 is 1.95 bits per heavy atom. The second-order valence-electron chi connectivity index (χ2n) is 5.61. The van der Waals surface area contributed by atoms with Gasteiger partial charge in [0.15, 0.2) is 0 Å². The Balaban J connectivity index is 2.04. The Labute approximate surface area is 115 Å². The smallest absolute Gasteiger partial charge is 0.0485 e. The third-order valence-corrected chi connectivity index (χ3v) is 4.34. The van der Waals surface area contributed by atoms with Crippen LogP contribution in [-0.4, -0.2) is 18.2 Å². The summed E-state index contributed by atoms with van der Waals surface area (Å²) in [5, 5.41) is 4.76.